The first-order valence-corrected chi connectivity index (χ1v) is 11.4. The first kappa shape index (κ1) is 21.9. The summed E-state index contributed by atoms with van der Waals surface area (Å²) in [5.41, 5.74) is 0.900. The first-order chi connectivity index (χ1) is 12.9. The highest BCUT2D eigenvalue weighted by Crippen LogP contribution is 2.19. The molecule has 0 aromatic heterocycles. The fourth-order valence-electron chi connectivity index (χ4n) is 3.59. The lowest BCUT2D eigenvalue weighted by molar-refractivity contribution is -0.121. The molecule has 1 aromatic rings. The number of rotatable bonds is 9. The number of hydrogen-bond acceptors (Lipinski definition) is 4. The van der Waals surface area contributed by atoms with Crippen LogP contribution in [0.4, 0.5) is 0 Å². The number of likely N-dealkylation sites (tertiary alicyclic amines) is 1. The predicted molar refractivity (Wildman–Crippen MR) is 108 cm³/mol. The van der Waals surface area contributed by atoms with Gasteiger partial charge in [-0.15, -0.1) is 0 Å². The number of benzene rings is 1. The smallest absolute Gasteiger partial charge is 0.243 e. The van der Waals surface area contributed by atoms with E-state index in [0.717, 1.165) is 18.5 Å². The molecule has 2 rings (SSSR count). The van der Waals surface area contributed by atoms with E-state index in [-0.39, 0.29) is 5.91 Å². The standard InChI is InChI=1S/C20H33N3O3S/c1-4-23(5-2)27(25,26)19-12-9-17(10-13-19)16-21-20(24)14-11-18-8-6-7-15-22(18)3/h9-10,12-13,18H,4-8,11,14-16H2,1-3H3,(H,21,24)/t18-/m1/s1. The monoisotopic (exact) mass is 395 g/mol. The Morgan fingerprint density at radius 3 is 2.44 bits per heavy atom. The second-order valence-corrected chi connectivity index (χ2v) is 9.12. The summed E-state index contributed by atoms with van der Waals surface area (Å²) >= 11 is 0. The summed E-state index contributed by atoms with van der Waals surface area (Å²) in [5, 5.41) is 2.94. The third-order valence-corrected chi connectivity index (χ3v) is 7.45. The second kappa shape index (κ2) is 10.2. The quantitative estimate of drug-likeness (QED) is 0.698. The molecule has 0 aliphatic carbocycles. The van der Waals surface area contributed by atoms with Crippen molar-refractivity contribution in [3.8, 4) is 0 Å². The Labute approximate surface area is 164 Å². The highest BCUT2D eigenvalue weighted by atomic mass is 32.2. The van der Waals surface area contributed by atoms with Gasteiger partial charge in [0.2, 0.25) is 15.9 Å². The molecule has 1 aliphatic heterocycles. The van der Waals surface area contributed by atoms with Crippen LogP contribution in [0.1, 0.15) is 51.5 Å². The molecule has 0 unspecified atom stereocenters. The van der Waals surface area contributed by atoms with E-state index in [1.54, 1.807) is 24.3 Å². The molecule has 0 saturated carbocycles. The number of carbonyl (C=O) groups excluding carboxylic acids is 1. The van der Waals surface area contributed by atoms with E-state index in [2.05, 4.69) is 17.3 Å². The molecule has 27 heavy (non-hydrogen) atoms. The molecule has 1 heterocycles. The van der Waals surface area contributed by atoms with Gasteiger partial charge in [-0.1, -0.05) is 32.4 Å². The van der Waals surface area contributed by atoms with Crippen LogP contribution in [0, 0.1) is 0 Å². The number of hydrogen-bond donors (Lipinski definition) is 1. The maximum atomic E-state index is 12.5. The third kappa shape index (κ3) is 6.02. The normalized spacial score (nSPS) is 18.6. The average Bonchev–Trinajstić information content (AvgIpc) is 2.67. The highest BCUT2D eigenvalue weighted by Gasteiger charge is 2.21. The Bertz CT molecular complexity index is 700. The van der Waals surface area contributed by atoms with Crippen molar-refractivity contribution in [3.05, 3.63) is 29.8 Å². The molecule has 1 N–H and O–H groups in total. The first-order valence-electron chi connectivity index (χ1n) is 9.94. The number of amides is 1. The van der Waals surface area contributed by atoms with Gasteiger partial charge in [0.25, 0.3) is 0 Å². The van der Waals surface area contributed by atoms with Crippen LogP contribution in [0.3, 0.4) is 0 Å². The van der Waals surface area contributed by atoms with Crippen molar-refractivity contribution in [1.29, 1.82) is 0 Å². The van der Waals surface area contributed by atoms with Gasteiger partial charge in [-0.2, -0.15) is 4.31 Å². The molecule has 0 radical (unpaired) electrons. The SMILES string of the molecule is CCN(CC)S(=O)(=O)c1ccc(CNC(=O)CC[C@H]2CCCCN2C)cc1. The zero-order chi connectivity index (χ0) is 19.9. The van der Waals surface area contributed by atoms with Crippen LogP contribution in [0.5, 0.6) is 0 Å². The Kier molecular flexibility index (Phi) is 8.26. The Hall–Kier alpha value is -1.44. The molecular formula is C20H33N3O3S. The van der Waals surface area contributed by atoms with Gasteiger partial charge < -0.3 is 10.2 Å². The Morgan fingerprint density at radius 2 is 1.85 bits per heavy atom. The number of nitrogens with zero attached hydrogens (tertiary/aromatic N) is 2. The topological polar surface area (TPSA) is 69.7 Å². The van der Waals surface area contributed by atoms with E-state index in [0.29, 0.717) is 37.0 Å². The van der Waals surface area contributed by atoms with Crippen LogP contribution in [0.25, 0.3) is 0 Å². The van der Waals surface area contributed by atoms with E-state index in [1.165, 1.54) is 23.6 Å². The van der Waals surface area contributed by atoms with Crippen LogP contribution in [0.15, 0.2) is 29.2 Å². The molecule has 1 aromatic carbocycles. The molecule has 0 bridgehead atoms. The van der Waals surface area contributed by atoms with E-state index in [1.807, 2.05) is 13.8 Å². The van der Waals surface area contributed by atoms with Gasteiger partial charge in [0.15, 0.2) is 0 Å². The Morgan fingerprint density at radius 1 is 1.19 bits per heavy atom. The van der Waals surface area contributed by atoms with Gasteiger partial charge >= 0.3 is 0 Å². The molecule has 1 amide bonds. The van der Waals surface area contributed by atoms with Crippen molar-refractivity contribution in [2.75, 3.05) is 26.7 Å². The van der Waals surface area contributed by atoms with Gasteiger partial charge in [-0.05, 0) is 50.6 Å². The molecule has 1 aliphatic rings. The molecule has 0 spiro atoms. The fourth-order valence-corrected chi connectivity index (χ4v) is 5.05. The molecule has 152 valence electrons. The van der Waals surface area contributed by atoms with E-state index in [4.69, 9.17) is 0 Å². The Balaban J connectivity index is 1.83. The number of nitrogens with one attached hydrogen (secondary N) is 1. The van der Waals surface area contributed by atoms with Crippen LogP contribution in [-0.4, -0.2) is 56.3 Å². The number of piperidine rings is 1. The van der Waals surface area contributed by atoms with Crippen molar-refractivity contribution >= 4 is 15.9 Å². The molecule has 1 saturated heterocycles. The van der Waals surface area contributed by atoms with Crippen molar-refractivity contribution < 1.29 is 13.2 Å². The molecule has 7 heteroatoms. The maximum Gasteiger partial charge on any atom is 0.243 e. The molecule has 1 fully saturated rings. The minimum atomic E-state index is -3.43. The van der Waals surface area contributed by atoms with Crippen molar-refractivity contribution in [1.82, 2.24) is 14.5 Å². The summed E-state index contributed by atoms with van der Waals surface area (Å²) in [7, 11) is -1.30. The van der Waals surface area contributed by atoms with Crippen LogP contribution in [0.2, 0.25) is 0 Å². The fraction of sp³-hybridized carbons (Fsp3) is 0.650. The summed E-state index contributed by atoms with van der Waals surface area (Å²) in [4.78, 5) is 14.8. The molecule has 1 atom stereocenters. The summed E-state index contributed by atoms with van der Waals surface area (Å²) in [5.74, 6) is 0.0498. The molecular weight excluding hydrogens is 362 g/mol. The van der Waals surface area contributed by atoms with E-state index >= 15 is 0 Å². The lowest BCUT2D eigenvalue weighted by Crippen LogP contribution is -2.37. The lowest BCUT2D eigenvalue weighted by Gasteiger charge is -2.32. The van der Waals surface area contributed by atoms with Gasteiger partial charge in [-0.25, -0.2) is 8.42 Å². The third-order valence-electron chi connectivity index (χ3n) is 5.38. The lowest BCUT2D eigenvalue weighted by atomic mass is 9.98. The largest absolute Gasteiger partial charge is 0.352 e. The van der Waals surface area contributed by atoms with Crippen molar-refractivity contribution in [2.45, 2.75) is 63.4 Å². The van der Waals surface area contributed by atoms with E-state index in [9.17, 15) is 13.2 Å². The van der Waals surface area contributed by atoms with Gasteiger partial charge in [0, 0.05) is 32.1 Å². The average molecular weight is 396 g/mol. The summed E-state index contributed by atoms with van der Waals surface area (Å²) in [6, 6.07) is 7.28. The predicted octanol–water partition coefficient (Wildman–Crippen LogP) is 2.60. The summed E-state index contributed by atoms with van der Waals surface area (Å²) < 4.78 is 26.4. The summed E-state index contributed by atoms with van der Waals surface area (Å²) in [6.45, 7) is 6.10. The second-order valence-electron chi connectivity index (χ2n) is 7.18. The van der Waals surface area contributed by atoms with Crippen molar-refractivity contribution in [3.63, 3.8) is 0 Å². The highest BCUT2D eigenvalue weighted by molar-refractivity contribution is 7.89. The number of sulfonamides is 1. The minimum Gasteiger partial charge on any atom is -0.352 e. The zero-order valence-electron chi connectivity index (χ0n) is 16.8. The van der Waals surface area contributed by atoms with Gasteiger partial charge in [0.1, 0.15) is 0 Å². The summed E-state index contributed by atoms with van der Waals surface area (Å²) in [6.07, 6.45) is 5.09. The zero-order valence-corrected chi connectivity index (χ0v) is 17.6. The van der Waals surface area contributed by atoms with Gasteiger partial charge in [0.05, 0.1) is 4.90 Å². The van der Waals surface area contributed by atoms with Crippen LogP contribution in [-0.2, 0) is 21.4 Å². The van der Waals surface area contributed by atoms with Crippen LogP contribution >= 0.6 is 0 Å². The van der Waals surface area contributed by atoms with Crippen molar-refractivity contribution in [2.24, 2.45) is 0 Å². The minimum absolute atomic E-state index is 0.0498. The maximum absolute atomic E-state index is 12.5. The van der Waals surface area contributed by atoms with Crippen LogP contribution < -0.4 is 5.32 Å². The van der Waals surface area contributed by atoms with E-state index < -0.39 is 10.0 Å². The molecule has 6 nitrogen and oxygen atoms in total. The number of carbonyl (C=O) groups is 1. The van der Waals surface area contributed by atoms with Gasteiger partial charge in [-0.3, -0.25) is 4.79 Å².